The van der Waals surface area contributed by atoms with Gasteiger partial charge in [-0.15, -0.1) is 0 Å². The number of aliphatic hydroxyl groups is 5. The molecule has 6 unspecified atom stereocenters. The van der Waals surface area contributed by atoms with E-state index in [0.29, 0.717) is 12.8 Å². The molecule has 1 saturated carbocycles. The van der Waals surface area contributed by atoms with Crippen molar-refractivity contribution in [3.05, 3.63) is 48.6 Å². The van der Waals surface area contributed by atoms with Crippen LogP contribution < -0.4 is 0 Å². The Morgan fingerprint density at radius 1 is 0.508 bits per heavy atom. The number of hydrogen-bond donors (Lipinski definition) is 6. The van der Waals surface area contributed by atoms with Crippen LogP contribution >= 0.6 is 7.82 Å². The van der Waals surface area contributed by atoms with Crippen molar-refractivity contribution in [2.75, 3.05) is 13.2 Å². The highest BCUT2D eigenvalue weighted by molar-refractivity contribution is 7.47. The lowest BCUT2D eigenvalue weighted by Gasteiger charge is -2.41. The van der Waals surface area contributed by atoms with E-state index in [1.165, 1.54) is 57.8 Å². The summed E-state index contributed by atoms with van der Waals surface area (Å²) in [6.45, 7) is 3.24. The second-order valence-corrected chi connectivity index (χ2v) is 17.7. The molecule has 6 atom stereocenters. The molecule has 0 amide bonds. The van der Waals surface area contributed by atoms with Gasteiger partial charge in [-0.2, -0.15) is 0 Å². The van der Waals surface area contributed by atoms with Crippen molar-refractivity contribution >= 4 is 19.8 Å². The summed E-state index contributed by atoms with van der Waals surface area (Å²) >= 11 is 0. The van der Waals surface area contributed by atoms with Crippen molar-refractivity contribution in [1.29, 1.82) is 0 Å². The van der Waals surface area contributed by atoms with E-state index in [1.54, 1.807) is 0 Å². The maximum Gasteiger partial charge on any atom is 0.472 e. The van der Waals surface area contributed by atoms with Gasteiger partial charge < -0.3 is 39.9 Å². The van der Waals surface area contributed by atoms with E-state index in [0.717, 1.165) is 83.5 Å². The molecule has 0 heterocycles. The zero-order valence-corrected chi connectivity index (χ0v) is 38.3. The Kier molecular flexibility index (Phi) is 34.7. The summed E-state index contributed by atoms with van der Waals surface area (Å²) in [5.74, 6) is -1.14. The lowest BCUT2D eigenvalue weighted by molar-refractivity contribution is -0.220. The molecule has 14 heteroatoms. The highest BCUT2D eigenvalue weighted by Crippen LogP contribution is 2.47. The minimum Gasteiger partial charge on any atom is -0.462 e. The molecular weight excluding hydrogens is 803 g/mol. The molecule has 13 nitrogen and oxygen atoms in total. The van der Waals surface area contributed by atoms with Gasteiger partial charge in [-0.3, -0.25) is 18.6 Å². The van der Waals surface area contributed by atoms with Crippen LogP contribution in [-0.2, 0) is 32.7 Å². The molecule has 354 valence electrons. The zero-order chi connectivity index (χ0) is 45.0. The summed E-state index contributed by atoms with van der Waals surface area (Å²) in [4.78, 5) is 35.7. The number of carbonyl (C=O) groups is 2. The zero-order valence-electron chi connectivity index (χ0n) is 37.4. The van der Waals surface area contributed by atoms with Gasteiger partial charge in [0.25, 0.3) is 0 Å². The van der Waals surface area contributed by atoms with Gasteiger partial charge in [0.2, 0.25) is 0 Å². The monoisotopic (exact) mass is 887 g/mol. The first-order chi connectivity index (χ1) is 29.4. The van der Waals surface area contributed by atoms with Crippen LogP contribution in [0.15, 0.2) is 48.6 Å². The van der Waals surface area contributed by atoms with E-state index in [4.69, 9.17) is 18.5 Å². The second-order valence-electron chi connectivity index (χ2n) is 16.3. The molecule has 0 aromatic heterocycles. The number of ether oxygens (including phenoxy) is 2. The Balaban J connectivity index is 2.48. The largest absolute Gasteiger partial charge is 0.472 e. The highest BCUT2D eigenvalue weighted by atomic mass is 31.2. The summed E-state index contributed by atoms with van der Waals surface area (Å²) in [6.07, 6.45) is 30.2. The third-order valence-corrected chi connectivity index (χ3v) is 11.6. The van der Waals surface area contributed by atoms with Crippen LogP contribution in [0.2, 0.25) is 0 Å². The number of allylic oxidation sites excluding steroid dienone is 8. The molecule has 0 aromatic carbocycles. The van der Waals surface area contributed by atoms with Crippen molar-refractivity contribution in [2.24, 2.45) is 0 Å². The van der Waals surface area contributed by atoms with Crippen LogP contribution in [-0.4, -0.2) is 98.3 Å². The average molecular weight is 887 g/mol. The Hall–Kier alpha value is -2.19. The van der Waals surface area contributed by atoms with Gasteiger partial charge in [-0.1, -0.05) is 140 Å². The van der Waals surface area contributed by atoms with Crippen LogP contribution in [0.4, 0.5) is 0 Å². The minimum atomic E-state index is -5.13. The summed E-state index contributed by atoms with van der Waals surface area (Å²) in [7, 11) is -5.13. The van der Waals surface area contributed by atoms with Crippen LogP contribution in [0, 0.1) is 0 Å². The molecule has 1 aliphatic carbocycles. The molecule has 0 aromatic rings. The van der Waals surface area contributed by atoms with Crippen molar-refractivity contribution in [3.8, 4) is 0 Å². The molecule has 1 aliphatic rings. The Morgan fingerprint density at radius 3 is 1.39 bits per heavy atom. The van der Waals surface area contributed by atoms with Crippen LogP contribution in [0.5, 0.6) is 0 Å². The normalized spacial score (nSPS) is 22.4. The van der Waals surface area contributed by atoms with E-state index in [1.807, 2.05) is 0 Å². The van der Waals surface area contributed by atoms with Crippen molar-refractivity contribution in [2.45, 2.75) is 224 Å². The quantitative estimate of drug-likeness (QED) is 0.0148. The molecule has 0 spiro atoms. The molecular formula is C47H83O13P. The van der Waals surface area contributed by atoms with Gasteiger partial charge in [-0.25, -0.2) is 4.57 Å². The van der Waals surface area contributed by atoms with E-state index < -0.39 is 75.7 Å². The van der Waals surface area contributed by atoms with Crippen LogP contribution in [0.1, 0.15) is 181 Å². The minimum absolute atomic E-state index is 0.0805. The lowest BCUT2D eigenvalue weighted by Crippen LogP contribution is -2.64. The Labute approximate surface area is 367 Å². The standard InChI is InChI=1S/C47H83O13P/c1-3-5-7-9-11-13-15-17-19-20-22-23-25-27-29-31-33-35-40(48)57-37-39(38-58-61(55,56)60-47-45(53)43(51)42(50)44(52)46(47)54)59-41(49)36-34-32-30-28-26-24-21-18-16-14-12-10-8-6-4-2/h11,13,17-19,21-23,39,42-47,50-54H,3-10,12,14-16,20,24-38H2,1-2H3,(H,55,56). The summed E-state index contributed by atoms with van der Waals surface area (Å²) in [5.41, 5.74) is 0. The van der Waals surface area contributed by atoms with Crippen molar-refractivity contribution in [3.63, 3.8) is 0 Å². The highest BCUT2D eigenvalue weighted by Gasteiger charge is 2.51. The third-order valence-electron chi connectivity index (χ3n) is 10.6. The maximum atomic E-state index is 12.8. The molecule has 0 bridgehead atoms. The fourth-order valence-electron chi connectivity index (χ4n) is 6.82. The van der Waals surface area contributed by atoms with E-state index >= 15 is 0 Å². The maximum absolute atomic E-state index is 12.8. The molecule has 1 fully saturated rings. The van der Waals surface area contributed by atoms with E-state index in [-0.39, 0.29) is 12.8 Å². The first-order valence-corrected chi connectivity index (χ1v) is 24.9. The number of carbonyl (C=O) groups excluding carboxylic acids is 2. The Morgan fingerprint density at radius 2 is 0.885 bits per heavy atom. The van der Waals surface area contributed by atoms with Crippen molar-refractivity contribution in [1.82, 2.24) is 0 Å². The van der Waals surface area contributed by atoms with E-state index in [9.17, 15) is 44.6 Å². The third kappa shape index (κ3) is 29.7. The van der Waals surface area contributed by atoms with Gasteiger partial charge in [0, 0.05) is 12.8 Å². The first kappa shape index (κ1) is 56.8. The second kappa shape index (κ2) is 37.2. The summed E-state index contributed by atoms with van der Waals surface area (Å²) in [6, 6.07) is 0. The molecule has 0 radical (unpaired) electrons. The van der Waals surface area contributed by atoms with Gasteiger partial charge >= 0.3 is 19.8 Å². The van der Waals surface area contributed by atoms with Crippen LogP contribution in [0.25, 0.3) is 0 Å². The number of phosphoric acid groups is 1. The lowest BCUT2D eigenvalue weighted by atomic mass is 9.85. The summed E-state index contributed by atoms with van der Waals surface area (Å²) < 4.78 is 33.5. The van der Waals surface area contributed by atoms with Crippen LogP contribution in [0.3, 0.4) is 0 Å². The van der Waals surface area contributed by atoms with Gasteiger partial charge in [0.05, 0.1) is 6.61 Å². The average Bonchev–Trinajstić information content (AvgIpc) is 3.24. The first-order valence-electron chi connectivity index (χ1n) is 23.4. The summed E-state index contributed by atoms with van der Waals surface area (Å²) in [5, 5.41) is 50.1. The number of hydrogen-bond acceptors (Lipinski definition) is 12. The number of esters is 2. The number of phosphoric ester groups is 1. The number of rotatable bonds is 38. The predicted octanol–water partition coefficient (Wildman–Crippen LogP) is 9.17. The van der Waals surface area contributed by atoms with Crippen molar-refractivity contribution < 1.29 is 63.1 Å². The SMILES string of the molecule is CCCCCC=CCC=CCC=CCCCCCCC(=O)OCC(COP(=O)(O)OC1C(O)C(O)C(O)C(O)C1O)OC(=O)CCCCCCCC=CCCCCCCCC. The molecule has 0 saturated heterocycles. The van der Waals surface area contributed by atoms with Gasteiger partial charge in [0.1, 0.15) is 43.2 Å². The van der Waals surface area contributed by atoms with Gasteiger partial charge in [-0.05, 0) is 77.0 Å². The molecule has 61 heavy (non-hydrogen) atoms. The number of unbranched alkanes of at least 4 members (excludes halogenated alkanes) is 18. The fourth-order valence-corrected chi connectivity index (χ4v) is 7.79. The Bertz CT molecular complexity index is 1250. The topological polar surface area (TPSA) is 210 Å². The fraction of sp³-hybridized carbons (Fsp3) is 0.787. The smallest absolute Gasteiger partial charge is 0.462 e. The molecule has 0 aliphatic heterocycles. The molecule has 6 N–H and O–H groups in total. The van der Waals surface area contributed by atoms with Gasteiger partial charge in [0.15, 0.2) is 6.10 Å². The van der Waals surface area contributed by atoms with E-state index in [2.05, 4.69) is 62.5 Å². The predicted molar refractivity (Wildman–Crippen MR) is 239 cm³/mol. The number of aliphatic hydroxyl groups excluding tert-OH is 5. The molecule has 1 rings (SSSR count).